The Kier molecular flexibility index (Phi) is 5.78. The molecule has 0 saturated carbocycles. The third-order valence-electron chi connectivity index (χ3n) is 3.51. The smallest absolute Gasteiger partial charge is 0.406 e. The summed E-state index contributed by atoms with van der Waals surface area (Å²) in [5, 5.41) is 1.56. The number of hydrogen-bond acceptors (Lipinski definition) is 5. The van der Waals surface area contributed by atoms with Crippen LogP contribution in [0.1, 0.15) is 48.2 Å². The minimum atomic E-state index is -4.82. The molecule has 0 radical (unpaired) electrons. The van der Waals surface area contributed by atoms with Gasteiger partial charge in [0.05, 0.1) is 21.7 Å². The third-order valence-corrected chi connectivity index (χ3v) is 6.75. The van der Waals surface area contributed by atoms with Crippen LogP contribution in [0.5, 0.6) is 5.75 Å². The number of sulfone groups is 1. The summed E-state index contributed by atoms with van der Waals surface area (Å²) >= 11 is 1.39. The molecule has 25 heavy (non-hydrogen) atoms. The molecule has 0 N–H and O–H groups in total. The number of thiazole rings is 1. The lowest BCUT2D eigenvalue weighted by atomic mass is 10.1. The molecule has 1 aromatic heterocycles. The lowest BCUT2D eigenvalue weighted by Crippen LogP contribution is -2.18. The second kappa shape index (κ2) is 7.33. The monoisotopic (exact) mass is 393 g/mol. The van der Waals surface area contributed by atoms with E-state index in [1.54, 1.807) is 5.38 Å². The quantitative estimate of drug-likeness (QED) is 0.705. The van der Waals surface area contributed by atoms with E-state index in [2.05, 4.69) is 9.72 Å². The highest BCUT2D eigenvalue weighted by atomic mass is 32.2. The standard InChI is InChI=1S/C16H18F3NO3S2/c1-10(2)15-20-13(8-24-15)9-25(21,22)11(3)12-5-4-6-14(7-12)23-16(17,18)19/h4-8,10-11H,9H2,1-3H3. The topological polar surface area (TPSA) is 56.3 Å². The molecule has 1 unspecified atom stereocenters. The normalized spacial score (nSPS) is 13.9. The minimum Gasteiger partial charge on any atom is -0.406 e. The van der Waals surface area contributed by atoms with Crippen LogP contribution in [0.2, 0.25) is 0 Å². The van der Waals surface area contributed by atoms with Gasteiger partial charge in [-0.15, -0.1) is 24.5 Å². The summed E-state index contributed by atoms with van der Waals surface area (Å²) in [6.45, 7) is 5.37. The van der Waals surface area contributed by atoms with E-state index < -0.39 is 27.2 Å². The molecule has 2 aromatic rings. The Labute approximate surface area is 148 Å². The van der Waals surface area contributed by atoms with E-state index in [9.17, 15) is 21.6 Å². The average Bonchev–Trinajstić information content (AvgIpc) is 2.93. The van der Waals surface area contributed by atoms with Gasteiger partial charge in [0.2, 0.25) is 0 Å². The number of halogens is 3. The lowest BCUT2D eigenvalue weighted by Gasteiger charge is -2.15. The third kappa shape index (κ3) is 5.43. The first kappa shape index (κ1) is 19.7. The van der Waals surface area contributed by atoms with E-state index in [0.29, 0.717) is 5.69 Å². The number of nitrogens with zero attached hydrogens (tertiary/aromatic N) is 1. The maximum absolute atomic E-state index is 12.6. The highest BCUT2D eigenvalue weighted by molar-refractivity contribution is 7.90. The molecule has 0 bridgehead atoms. The van der Waals surface area contributed by atoms with Crippen molar-refractivity contribution in [2.24, 2.45) is 0 Å². The predicted molar refractivity (Wildman–Crippen MR) is 90.4 cm³/mol. The van der Waals surface area contributed by atoms with Crippen LogP contribution in [0.25, 0.3) is 0 Å². The molecule has 1 aromatic carbocycles. The van der Waals surface area contributed by atoms with E-state index in [-0.39, 0.29) is 17.2 Å². The lowest BCUT2D eigenvalue weighted by molar-refractivity contribution is -0.274. The van der Waals surface area contributed by atoms with Gasteiger partial charge >= 0.3 is 6.36 Å². The summed E-state index contributed by atoms with van der Waals surface area (Å²) in [5.74, 6) is -0.500. The van der Waals surface area contributed by atoms with Crippen LogP contribution in [0.3, 0.4) is 0 Å². The van der Waals surface area contributed by atoms with Crippen LogP contribution in [-0.2, 0) is 15.6 Å². The highest BCUT2D eigenvalue weighted by Gasteiger charge is 2.32. The van der Waals surface area contributed by atoms with E-state index in [1.807, 2.05) is 13.8 Å². The Balaban J connectivity index is 2.20. The zero-order chi connectivity index (χ0) is 18.8. The Bertz CT molecular complexity index is 829. The zero-order valence-electron chi connectivity index (χ0n) is 13.9. The maximum Gasteiger partial charge on any atom is 0.573 e. The largest absolute Gasteiger partial charge is 0.573 e. The van der Waals surface area contributed by atoms with Crippen LogP contribution in [0.15, 0.2) is 29.6 Å². The molecule has 138 valence electrons. The minimum absolute atomic E-state index is 0.204. The first-order chi connectivity index (χ1) is 11.5. The van der Waals surface area contributed by atoms with Gasteiger partial charge in [-0.25, -0.2) is 13.4 Å². The van der Waals surface area contributed by atoms with Gasteiger partial charge in [-0.05, 0) is 24.6 Å². The van der Waals surface area contributed by atoms with Gasteiger partial charge in [-0.3, -0.25) is 0 Å². The van der Waals surface area contributed by atoms with Crippen molar-refractivity contribution in [1.29, 1.82) is 0 Å². The van der Waals surface area contributed by atoms with E-state index in [4.69, 9.17) is 0 Å². The summed E-state index contributed by atoms with van der Waals surface area (Å²) in [6.07, 6.45) is -4.82. The zero-order valence-corrected chi connectivity index (χ0v) is 15.5. The molecular weight excluding hydrogens is 375 g/mol. The van der Waals surface area contributed by atoms with Crippen molar-refractivity contribution in [2.75, 3.05) is 0 Å². The SMILES string of the molecule is CC(C)c1nc(CS(=O)(=O)C(C)c2cccc(OC(F)(F)F)c2)cs1. The maximum atomic E-state index is 12.6. The Morgan fingerprint density at radius 3 is 2.48 bits per heavy atom. The molecule has 9 heteroatoms. The number of hydrogen-bond donors (Lipinski definition) is 0. The van der Waals surface area contributed by atoms with Crippen LogP contribution in [-0.4, -0.2) is 19.8 Å². The van der Waals surface area contributed by atoms with E-state index >= 15 is 0 Å². The van der Waals surface area contributed by atoms with E-state index in [0.717, 1.165) is 17.1 Å². The van der Waals surface area contributed by atoms with Gasteiger partial charge in [0, 0.05) is 11.3 Å². The highest BCUT2D eigenvalue weighted by Crippen LogP contribution is 2.30. The molecule has 4 nitrogen and oxygen atoms in total. The van der Waals surface area contributed by atoms with Gasteiger partial charge in [0.15, 0.2) is 9.84 Å². The second-order valence-corrected chi connectivity index (χ2v) is 9.11. The van der Waals surface area contributed by atoms with Gasteiger partial charge < -0.3 is 4.74 Å². The molecule has 1 atom stereocenters. The summed E-state index contributed by atoms with van der Waals surface area (Å²) in [5.41, 5.74) is 0.685. The Morgan fingerprint density at radius 1 is 1.24 bits per heavy atom. The fourth-order valence-electron chi connectivity index (χ4n) is 2.16. The Morgan fingerprint density at radius 2 is 1.92 bits per heavy atom. The molecule has 0 saturated heterocycles. The molecule has 0 fully saturated rings. The van der Waals surface area contributed by atoms with Gasteiger partial charge in [0.1, 0.15) is 5.75 Å². The Hall–Kier alpha value is -1.61. The molecule has 2 rings (SSSR count). The van der Waals surface area contributed by atoms with Crippen molar-refractivity contribution in [3.05, 3.63) is 45.9 Å². The molecule has 0 aliphatic heterocycles. The van der Waals surface area contributed by atoms with E-state index in [1.165, 1.54) is 30.4 Å². The molecule has 0 spiro atoms. The number of alkyl halides is 3. The summed E-state index contributed by atoms with van der Waals surface area (Å²) in [4.78, 5) is 4.30. The van der Waals surface area contributed by atoms with Gasteiger partial charge in [-0.2, -0.15) is 0 Å². The van der Waals surface area contributed by atoms with Crippen LogP contribution in [0, 0.1) is 0 Å². The first-order valence-electron chi connectivity index (χ1n) is 7.49. The number of benzene rings is 1. The number of ether oxygens (including phenoxy) is 1. The molecule has 0 amide bonds. The molecule has 0 aliphatic carbocycles. The molecular formula is C16H18F3NO3S2. The van der Waals surface area contributed by atoms with Gasteiger partial charge in [-0.1, -0.05) is 26.0 Å². The van der Waals surface area contributed by atoms with Crippen molar-refractivity contribution >= 4 is 21.2 Å². The second-order valence-electron chi connectivity index (χ2n) is 5.90. The summed E-state index contributed by atoms with van der Waals surface area (Å²) in [7, 11) is -3.63. The van der Waals surface area contributed by atoms with Crippen molar-refractivity contribution in [2.45, 2.75) is 44.1 Å². The molecule has 0 aliphatic rings. The van der Waals surface area contributed by atoms with Crippen molar-refractivity contribution in [3.63, 3.8) is 0 Å². The average molecular weight is 393 g/mol. The van der Waals surface area contributed by atoms with Crippen molar-refractivity contribution in [1.82, 2.24) is 4.98 Å². The summed E-state index contributed by atoms with van der Waals surface area (Å²) < 4.78 is 65.9. The number of aromatic nitrogens is 1. The van der Waals surface area contributed by atoms with Crippen LogP contribution >= 0.6 is 11.3 Å². The molecule has 1 heterocycles. The van der Waals surface area contributed by atoms with Crippen molar-refractivity contribution in [3.8, 4) is 5.75 Å². The predicted octanol–water partition coefficient (Wildman–Crippen LogP) is 4.84. The van der Waals surface area contributed by atoms with Crippen LogP contribution < -0.4 is 4.74 Å². The van der Waals surface area contributed by atoms with Crippen molar-refractivity contribution < 1.29 is 26.3 Å². The fourth-order valence-corrected chi connectivity index (χ4v) is 4.47. The fraction of sp³-hybridized carbons (Fsp3) is 0.438. The van der Waals surface area contributed by atoms with Crippen LogP contribution in [0.4, 0.5) is 13.2 Å². The first-order valence-corrected chi connectivity index (χ1v) is 10.1. The number of rotatable bonds is 6. The summed E-state index contributed by atoms with van der Waals surface area (Å²) in [6, 6.07) is 5.02. The van der Waals surface area contributed by atoms with Gasteiger partial charge in [0.25, 0.3) is 0 Å².